The summed E-state index contributed by atoms with van der Waals surface area (Å²) in [5.74, 6) is 3.52. The molecule has 3 aromatic rings. The summed E-state index contributed by atoms with van der Waals surface area (Å²) in [5, 5.41) is 99.6. The van der Waals surface area contributed by atoms with Crippen LogP contribution in [0.2, 0.25) is 0 Å². The Morgan fingerprint density at radius 3 is 1.08 bits per heavy atom. The highest BCUT2D eigenvalue weighted by atomic mass is 16.5. The molecule has 30 heteroatoms. The maximum Gasteiger partial charge on any atom is 0.307 e. The van der Waals surface area contributed by atoms with Crippen LogP contribution in [0.5, 0.6) is 0 Å². The Kier molecular flexibility index (Phi) is 31.1. The van der Waals surface area contributed by atoms with E-state index in [0.717, 1.165) is 122 Å². The van der Waals surface area contributed by atoms with Crippen LogP contribution in [0.25, 0.3) is 0 Å². The van der Waals surface area contributed by atoms with Crippen LogP contribution >= 0.6 is 0 Å². The van der Waals surface area contributed by atoms with Crippen LogP contribution in [0.4, 0.5) is 0 Å². The molecule has 2 unspecified atom stereocenters. The first-order valence-electron chi connectivity index (χ1n) is 56.3. The Bertz CT molecular complexity index is 5210. The number of carboxylic acid groups (broad SMARTS) is 3. The molecule has 0 spiro atoms. The number of tetrazole rings is 3. The van der Waals surface area contributed by atoms with Gasteiger partial charge >= 0.3 is 17.9 Å². The Labute approximate surface area is 867 Å². The van der Waals surface area contributed by atoms with Crippen LogP contribution in [0, 0.1) is 194 Å². The molecule has 12 fully saturated rings. The molecular weight excluding hydrogens is 1830 g/mol. The van der Waals surface area contributed by atoms with Gasteiger partial charge in [0.05, 0.1) is 102 Å². The molecule has 0 amide bonds. The zero-order valence-corrected chi connectivity index (χ0v) is 94.8. The van der Waals surface area contributed by atoms with Crippen LogP contribution in [0.3, 0.4) is 0 Å². The number of aliphatic carboxylic acids is 3. The number of nitrogens with two attached hydrogens (primary N) is 3. The zero-order chi connectivity index (χ0) is 107. The number of hydrogen-bond donors (Lipinski definition) is 10. The second-order valence-corrected chi connectivity index (χ2v) is 56.3. The van der Waals surface area contributed by atoms with Gasteiger partial charge in [0, 0.05) is 49.1 Å². The van der Waals surface area contributed by atoms with E-state index in [9.17, 15) is 39.9 Å². The summed E-state index contributed by atoms with van der Waals surface area (Å²) in [6.07, 6.45) is 24.4. The molecule has 145 heavy (non-hydrogen) atoms. The van der Waals surface area contributed by atoms with Crippen molar-refractivity contribution in [1.29, 1.82) is 0 Å². The number of aliphatic hydroxyl groups excluding tert-OH is 3. The van der Waals surface area contributed by atoms with Gasteiger partial charge in [-0.15, -0.1) is 25.5 Å². The first-order chi connectivity index (χ1) is 67.4. The molecule has 12 aliphatic carbocycles. The highest BCUT2D eigenvalue weighted by Gasteiger charge is 2.78. The molecule has 6 heterocycles. The summed E-state index contributed by atoms with van der Waals surface area (Å²) in [6.45, 7) is 74.6. The lowest BCUT2D eigenvalue weighted by Crippen LogP contribution is -2.69. The third kappa shape index (κ3) is 17.6. The van der Waals surface area contributed by atoms with Crippen molar-refractivity contribution in [1.82, 2.24) is 61.0 Å². The molecule has 0 aromatic carbocycles. The average Bonchev–Trinajstić information content (AvgIpc) is 1.34. The Morgan fingerprint density at radius 1 is 0.434 bits per heavy atom. The van der Waals surface area contributed by atoms with E-state index in [2.05, 4.69) is 271 Å². The molecule has 13 N–H and O–H groups in total. The van der Waals surface area contributed by atoms with Crippen molar-refractivity contribution in [3.05, 3.63) is 52.4 Å². The second-order valence-electron chi connectivity index (χ2n) is 56.3. The number of fused-ring (bicyclic) bond motifs is 9. The number of rotatable bonds is 26. The summed E-state index contributed by atoms with van der Waals surface area (Å²) < 4.78 is 42.5. The highest BCUT2D eigenvalue weighted by molar-refractivity contribution is 5.75. The Hall–Kier alpha value is -5.64. The molecule has 3 aromatic heterocycles. The molecule has 15 aliphatic rings. The van der Waals surface area contributed by atoms with Gasteiger partial charge in [-0.25, -0.2) is 4.68 Å². The first kappa shape index (κ1) is 113. The van der Waals surface area contributed by atoms with Crippen LogP contribution in [-0.2, 0) is 62.6 Å². The fourth-order valence-electron chi connectivity index (χ4n) is 36.2. The van der Waals surface area contributed by atoms with Crippen molar-refractivity contribution in [2.45, 2.75) is 397 Å². The topological polar surface area (TPSA) is 448 Å². The summed E-state index contributed by atoms with van der Waals surface area (Å²) in [5.41, 5.74) is 19.9. The number of carboxylic acids is 3. The fourth-order valence-corrected chi connectivity index (χ4v) is 36.2. The lowest BCUT2D eigenvalue weighted by atomic mass is 9.34. The number of hydrogen-bond acceptors (Lipinski definition) is 24. The summed E-state index contributed by atoms with van der Waals surface area (Å²) >= 11 is 0. The third-order valence-corrected chi connectivity index (χ3v) is 47.7. The Balaban J connectivity index is 0.000000158. The maximum atomic E-state index is 13.4. The van der Waals surface area contributed by atoms with Gasteiger partial charge in [-0.05, 0) is 295 Å². The minimum absolute atomic E-state index is 0.0221. The lowest BCUT2D eigenvalue weighted by Gasteiger charge is -2.71. The lowest BCUT2D eigenvalue weighted by molar-refractivity contribution is -0.254. The summed E-state index contributed by atoms with van der Waals surface area (Å²) in [6, 6.07) is -0.440. The van der Waals surface area contributed by atoms with Crippen molar-refractivity contribution in [2.24, 2.45) is 211 Å². The molecule has 6 bridgehead atoms. The number of nitrogens with one attached hydrogen (secondary N) is 1. The van der Waals surface area contributed by atoms with Crippen LogP contribution in [-0.4, -0.2) is 204 Å². The predicted octanol–water partition coefficient (Wildman–Crippen LogP) is 18.8. The predicted molar refractivity (Wildman–Crippen MR) is 557 cm³/mol. The van der Waals surface area contributed by atoms with E-state index in [4.69, 9.17) is 50.7 Å². The number of ether oxygens (including phenoxy) is 6. The third-order valence-electron chi connectivity index (χ3n) is 47.7. The monoisotopic (exact) mass is 2020 g/mol. The first-order valence-corrected chi connectivity index (χ1v) is 56.3. The summed E-state index contributed by atoms with van der Waals surface area (Å²) in [4.78, 5) is 41.9. The number of aliphatic hydroxyl groups is 3. The number of aromatic nitrogens is 12. The second kappa shape index (κ2) is 39.7. The van der Waals surface area contributed by atoms with Gasteiger partial charge in [-0.3, -0.25) is 14.4 Å². The number of nitrogens with zero attached hydrogens (tertiary/aromatic N) is 11. The van der Waals surface area contributed by atoms with Crippen LogP contribution in [0.1, 0.15) is 360 Å². The molecule has 30 nitrogen and oxygen atoms in total. The van der Waals surface area contributed by atoms with Crippen molar-refractivity contribution < 1.29 is 73.4 Å². The van der Waals surface area contributed by atoms with E-state index < -0.39 is 40.8 Å². The van der Waals surface area contributed by atoms with E-state index in [1.807, 2.05) is 18.5 Å². The largest absolute Gasteiger partial charge is 0.481 e. The van der Waals surface area contributed by atoms with E-state index in [1.165, 1.54) is 17.6 Å². The smallest absolute Gasteiger partial charge is 0.307 e. The molecule has 818 valence electrons. The summed E-state index contributed by atoms with van der Waals surface area (Å²) in [7, 11) is 0. The molecule has 36 atom stereocenters. The SMILES string of the molecule is CC(C)[C@@H](C)[C@@]1(C)CC[C@]2(C)[C@H]3CC[C@@H]4[C@@]5(COC[C@]4(C)[C@@H](OC[C@](C)(N)C(C)C)[C@H](C)C5)C3=CC[C@@]2(C)[C@@H]1C(=O)O.CC(C)[C@@H](C)[C@@]1(C)CC[C@]2(C)[C@H]3CC[C@@H]4[C@@]5(COC[C@]4(C)[C@@H](OC[C@](C)(N)C(C)C)[C@H](n4nnc(CO)n4)C5)C3=CC[C@@]2(C)C1C(=O)O.CC(C)[C@@H](C)[C@@]1(C)CC[C@]2(C)[C@H]3CC[C@@H]4[C@@]5(COC[C@]4(C)[C@@H](OC[C@](C)(N)C(C)C)[C@H](n4nnnc4CO)C5)C3=CC[C@@]2(C)C1C(=O)O.OCc1nn[nH]n1. The molecule has 0 radical (unpaired) electrons. The number of H-pyrrole nitrogens is 1. The van der Waals surface area contributed by atoms with E-state index in [0.29, 0.717) is 135 Å². The minimum Gasteiger partial charge on any atom is -0.481 e. The quantitative estimate of drug-likeness (QED) is 0.0334. The van der Waals surface area contributed by atoms with Gasteiger partial charge in [0.1, 0.15) is 25.9 Å². The van der Waals surface area contributed by atoms with Gasteiger partial charge in [0.2, 0.25) is 0 Å². The van der Waals surface area contributed by atoms with Crippen molar-refractivity contribution in [3.63, 3.8) is 0 Å². The normalized spacial score (nSPS) is 43.9. The fraction of sp³-hybridized carbons (Fsp3) is 0.896. The van der Waals surface area contributed by atoms with Crippen LogP contribution < -0.4 is 17.2 Å². The average molecular weight is 2030 g/mol. The van der Waals surface area contributed by atoms with Crippen molar-refractivity contribution >= 4 is 17.9 Å². The van der Waals surface area contributed by atoms with Crippen molar-refractivity contribution in [3.8, 4) is 0 Å². The maximum absolute atomic E-state index is 13.4. The highest BCUT2D eigenvalue weighted by Crippen LogP contribution is 2.81. The molecule has 3 aliphatic heterocycles. The van der Waals surface area contributed by atoms with Gasteiger partial charge < -0.3 is 76.3 Å². The molecule has 9 saturated carbocycles. The van der Waals surface area contributed by atoms with E-state index in [1.54, 1.807) is 10.4 Å². The number of aromatic amines is 1. The number of carbonyl (C=O) groups is 3. The molecular formula is C115H193N15O15. The number of allylic oxidation sites excluding steroid dienone is 3. The Morgan fingerprint density at radius 2 is 0.772 bits per heavy atom. The standard InChI is InChI=1S/2C38H63N5O5.C37H63NO4.C2H4N4O/c1-22(2)24(5)33(6)15-16-35(8)25-11-12-28-34(7)19-47-21-38(28,26(25)13-14-36(35,9)30(33)32(45)46)17-27(43-29(18-44)40-41-42-43)31(34)48-20-37(10,39)23(3)4;1-22(2)24(5)33(6)15-16-35(8)25-11-12-28-34(7)19-47-21-38(28,26(25)13-14-36(35,9)30(33)32(45)46)17-27(43-41-29(18-44)40-42-43)31(34)48-20-37(10,39)23(3)4;1-22(2)25(6)32(7)16-17-34(9)26-12-13-28-33(8)19-41-21-37(28,27(26)14-15-35(34,10)29(32)31(39)40)18-24(5)30(33)42-20-36(11,38)23(3)4;7-1-2-3-5-6-4-2/h2*13,22-25,27-28,30-31,44H,11-12,14-21,39H2,1-10H3,(H,45,46);14,22-26,28-30H,12-13,15-21,38H2,1-11H3,(H,39,40);7H,1H2,(H,3,4,5,6)/t2*24-,25+,27-,28+,30?,31+,33-,34+,35-,36+,37+,38+;24-,25-,26+,28+,29-,30+,32-,33+,34-,35+,36+,37+;/m111./s1. The van der Waals surface area contributed by atoms with Gasteiger partial charge in [-0.1, -0.05) is 234 Å². The van der Waals surface area contributed by atoms with Crippen molar-refractivity contribution in [2.75, 3.05) is 59.5 Å². The molecule has 18 rings (SSSR count). The van der Waals surface area contributed by atoms with E-state index in [-0.39, 0.29) is 167 Å². The van der Waals surface area contributed by atoms with Gasteiger partial charge in [0.25, 0.3) is 0 Å². The van der Waals surface area contributed by atoms with Crippen LogP contribution in [0.15, 0.2) is 34.9 Å². The molecule has 3 saturated heterocycles. The zero-order valence-electron chi connectivity index (χ0n) is 94.8. The van der Waals surface area contributed by atoms with E-state index >= 15 is 0 Å². The van der Waals surface area contributed by atoms with Gasteiger partial charge in [0.15, 0.2) is 17.5 Å². The van der Waals surface area contributed by atoms with Gasteiger partial charge in [-0.2, -0.15) is 10.0 Å². The minimum atomic E-state index is -0.642.